The summed E-state index contributed by atoms with van der Waals surface area (Å²) in [5, 5.41) is 3.97. The minimum Gasteiger partial charge on any atom is -0.497 e. The molecule has 0 spiro atoms. The number of rotatable bonds is 10. The maximum Gasteiger partial charge on any atom is 0.343 e. The predicted molar refractivity (Wildman–Crippen MR) is 110 cm³/mol. The van der Waals surface area contributed by atoms with Crippen LogP contribution in [0.25, 0.3) is 0 Å². The van der Waals surface area contributed by atoms with Gasteiger partial charge in [0.15, 0.2) is 18.1 Å². The van der Waals surface area contributed by atoms with Gasteiger partial charge in [-0.15, -0.1) is 0 Å². The highest BCUT2D eigenvalue weighted by Crippen LogP contribution is 2.28. The van der Waals surface area contributed by atoms with Crippen LogP contribution in [-0.4, -0.2) is 52.6 Å². The van der Waals surface area contributed by atoms with E-state index in [1.807, 2.05) is 6.92 Å². The Bertz CT molecular complexity index is 890. The molecule has 0 atom stereocenters. The molecule has 1 amide bonds. The lowest BCUT2D eigenvalue weighted by molar-refractivity contribution is -0.142. The summed E-state index contributed by atoms with van der Waals surface area (Å²) in [5.41, 5.74) is 3.45. The van der Waals surface area contributed by atoms with E-state index in [2.05, 4.69) is 15.3 Å². The van der Waals surface area contributed by atoms with Crippen molar-refractivity contribution in [3.63, 3.8) is 0 Å². The van der Waals surface area contributed by atoms with Gasteiger partial charge in [-0.1, -0.05) is 0 Å². The number of hydrogen-bond donors (Lipinski definition) is 1. The summed E-state index contributed by atoms with van der Waals surface area (Å²) >= 11 is 0. The highest BCUT2D eigenvalue weighted by Gasteiger charge is 2.10. The van der Waals surface area contributed by atoms with E-state index in [-0.39, 0.29) is 6.61 Å². The Labute approximate surface area is 174 Å². The molecule has 0 radical (unpaired) electrons. The average Bonchev–Trinajstić information content (AvgIpc) is 2.77. The topological polar surface area (TPSA) is 105 Å². The second kappa shape index (κ2) is 11.3. The van der Waals surface area contributed by atoms with E-state index in [9.17, 15) is 9.59 Å². The molecule has 0 bridgehead atoms. The first-order valence-corrected chi connectivity index (χ1v) is 9.03. The summed E-state index contributed by atoms with van der Waals surface area (Å²) in [6.45, 7) is 2.00. The number of benzene rings is 2. The normalized spacial score (nSPS) is 10.4. The van der Waals surface area contributed by atoms with Crippen molar-refractivity contribution in [3.8, 4) is 23.0 Å². The number of carbonyl (C=O) groups excluding carboxylic acids is 2. The van der Waals surface area contributed by atoms with E-state index in [1.54, 1.807) is 36.4 Å². The van der Waals surface area contributed by atoms with Crippen LogP contribution in [0.3, 0.4) is 0 Å². The molecule has 30 heavy (non-hydrogen) atoms. The number of carbonyl (C=O) groups is 2. The lowest BCUT2D eigenvalue weighted by Gasteiger charge is -2.11. The zero-order valence-corrected chi connectivity index (χ0v) is 17.3. The first-order valence-electron chi connectivity index (χ1n) is 9.03. The third-order valence-corrected chi connectivity index (χ3v) is 3.83. The van der Waals surface area contributed by atoms with Crippen LogP contribution in [0.2, 0.25) is 0 Å². The van der Waals surface area contributed by atoms with Gasteiger partial charge in [0.1, 0.15) is 11.5 Å². The molecule has 0 unspecified atom stereocenters. The summed E-state index contributed by atoms with van der Waals surface area (Å²) in [5.74, 6) is 0.896. The Balaban J connectivity index is 2.09. The molecule has 0 saturated heterocycles. The van der Waals surface area contributed by atoms with E-state index in [0.29, 0.717) is 40.7 Å². The van der Waals surface area contributed by atoms with E-state index < -0.39 is 11.9 Å². The molecule has 9 heteroatoms. The highest BCUT2D eigenvalue weighted by molar-refractivity contribution is 5.95. The van der Waals surface area contributed by atoms with Crippen molar-refractivity contribution in [1.82, 2.24) is 5.43 Å². The van der Waals surface area contributed by atoms with Gasteiger partial charge in [-0.05, 0) is 42.8 Å². The number of ether oxygens (including phenoxy) is 5. The number of nitrogens with zero attached hydrogens (tertiary/aromatic N) is 1. The zero-order valence-electron chi connectivity index (χ0n) is 17.3. The number of hydrogen-bond acceptors (Lipinski definition) is 8. The van der Waals surface area contributed by atoms with Crippen molar-refractivity contribution in [2.75, 3.05) is 34.5 Å². The van der Waals surface area contributed by atoms with Crippen molar-refractivity contribution in [2.45, 2.75) is 6.92 Å². The Morgan fingerprint density at radius 2 is 1.67 bits per heavy atom. The lowest BCUT2D eigenvalue weighted by Crippen LogP contribution is -2.17. The minimum atomic E-state index is -0.500. The molecule has 9 nitrogen and oxygen atoms in total. The van der Waals surface area contributed by atoms with Gasteiger partial charge in [-0.3, -0.25) is 4.79 Å². The monoisotopic (exact) mass is 416 g/mol. The second-order valence-corrected chi connectivity index (χ2v) is 5.80. The van der Waals surface area contributed by atoms with E-state index in [0.717, 1.165) is 0 Å². The Morgan fingerprint density at radius 3 is 2.27 bits per heavy atom. The Hall–Kier alpha value is -3.75. The fourth-order valence-electron chi connectivity index (χ4n) is 2.36. The molecular weight excluding hydrogens is 392 g/mol. The molecule has 0 aliphatic carbocycles. The summed E-state index contributed by atoms with van der Waals surface area (Å²) in [7, 11) is 4.29. The predicted octanol–water partition coefficient (Wildman–Crippen LogP) is 2.42. The standard InChI is InChI=1S/C21H24N2O7/c1-5-29-19-8-14(6-7-18(19)30-13-20(24)28-4)12-22-23-21(25)15-9-16(26-2)11-17(10-15)27-3/h6-12H,5,13H2,1-4H3,(H,23,25)/b22-12-. The highest BCUT2D eigenvalue weighted by atomic mass is 16.6. The van der Waals surface area contributed by atoms with Gasteiger partial charge >= 0.3 is 5.97 Å². The van der Waals surface area contributed by atoms with Crippen LogP contribution >= 0.6 is 0 Å². The summed E-state index contributed by atoms with van der Waals surface area (Å²) in [6, 6.07) is 9.85. The molecule has 0 fully saturated rings. The van der Waals surface area contributed by atoms with Crippen molar-refractivity contribution < 1.29 is 33.3 Å². The number of methoxy groups -OCH3 is 3. The number of hydrazone groups is 1. The zero-order chi connectivity index (χ0) is 21.9. The molecule has 0 heterocycles. The molecule has 2 rings (SSSR count). The van der Waals surface area contributed by atoms with E-state index in [4.69, 9.17) is 18.9 Å². The SMILES string of the molecule is CCOc1cc(/C=N\NC(=O)c2cc(OC)cc(OC)c2)ccc1OCC(=O)OC. The largest absolute Gasteiger partial charge is 0.497 e. The van der Waals surface area contributed by atoms with Crippen LogP contribution in [-0.2, 0) is 9.53 Å². The molecule has 2 aromatic rings. The third kappa shape index (κ3) is 6.40. The van der Waals surface area contributed by atoms with Crippen LogP contribution in [0, 0.1) is 0 Å². The number of nitrogens with one attached hydrogen (secondary N) is 1. The van der Waals surface area contributed by atoms with Gasteiger partial charge in [0, 0.05) is 11.6 Å². The van der Waals surface area contributed by atoms with E-state index >= 15 is 0 Å². The number of esters is 1. The lowest BCUT2D eigenvalue weighted by atomic mass is 10.2. The third-order valence-electron chi connectivity index (χ3n) is 3.83. The van der Waals surface area contributed by atoms with Crippen LogP contribution in [0.1, 0.15) is 22.8 Å². The average molecular weight is 416 g/mol. The van der Waals surface area contributed by atoms with Gasteiger partial charge < -0.3 is 23.7 Å². The molecule has 0 aromatic heterocycles. The molecule has 1 N–H and O–H groups in total. The van der Waals surface area contributed by atoms with Crippen LogP contribution in [0.15, 0.2) is 41.5 Å². The maximum absolute atomic E-state index is 12.3. The Kier molecular flexibility index (Phi) is 8.49. The smallest absolute Gasteiger partial charge is 0.343 e. The van der Waals surface area contributed by atoms with Gasteiger partial charge in [-0.2, -0.15) is 5.10 Å². The van der Waals surface area contributed by atoms with Crippen LogP contribution < -0.4 is 24.4 Å². The minimum absolute atomic E-state index is 0.232. The fraction of sp³-hybridized carbons (Fsp3) is 0.286. The summed E-state index contributed by atoms with van der Waals surface area (Å²) in [6.07, 6.45) is 1.46. The van der Waals surface area contributed by atoms with Gasteiger partial charge in [0.25, 0.3) is 5.91 Å². The first-order chi connectivity index (χ1) is 14.5. The van der Waals surface area contributed by atoms with Crippen molar-refractivity contribution >= 4 is 18.1 Å². The number of amides is 1. The van der Waals surface area contributed by atoms with Gasteiger partial charge in [0.05, 0.1) is 34.2 Å². The Morgan fingerprint density at radius 1 is 0.967 bits per heavy atom. The second-order valence-electron chi connectivity index (χ2n) is 5.80. The summed E-state index contributed by atoms with van der Waals surface area (Å²) in [4.78, 5) is 23.6. The first kappa shape index (κ1) is 22.5. The van der Waals surface area contributed by atoms with Crippen LogP contribution in [0.5, 0.6) is 23.0 Å². The molecule has 2 aromatic carbocycles. The van der Waals surface area contributed by atoms with Gasteiger partial charge in [-0.25, -0.2) is 10.2 Å². The van der Waals surface area contributed by atoms with Crippen molar-refractivity contribution in [2.24, 2.45) is 5.10 Å². The maximum atomic E-state index is 12.3. The van der Waals surface area contributed by atoms with Crippen molar-refractivity contribution in [3.05, 3.63) is 47.5 Å². The van der Waals surface area contributed by atoms with Crippen molar-refractivity contribution in [1.29, 1.82) is 0 Å². The van der Waals surface area contributed by atoms with E-state index in [1.165, 1.54) is 27.5 Å². The molecule has 0 aliphatic rings. The molecule has 160 valence electrons. The van der Waals surface area contributed by atoms with Gasteiger partial charge in [0.2, 0.25) is 0 Å². The fourth-order valence-corrected chi connectivity index (χ4v) is 2.36. The molecular formula is C21H24N2O7. The summed E-state index contributed by atoms with van der Waals surface area (Å²) < 4.78 is 25.8. The molecule has 0 aliphatic heterocycles. The quantitative estimate of drug-likeness (QED) is 0.360. The molecule has 0 saturated carbocycles. The van der Waals surface area contributed by atoms with Crippen LogP contribution in [0.4, 0.5) is 0 Å².